The van der Waals surface area contributed by atoms with Gasteiger partial charge in [-0.3, -0.25) is 4.79 Å². The van der Waals surface area contributed by atoms with E-state index in [2.05, 4.69) is 15.2 Å². The maximum atomic E-state index is 13.0. The molecule has 1 aliphatic rings. The van der Waals surface area contributed by atoms with Crippen LogP contribution in [0.5, 0.6) is 0 Å². The number of carbonyl (C=O) groups excluding carboxylic acids is 1. The zero-order valence-electron chi connectivity index (χ0n) is 17.3. The zero-order chi connectivity index (χ0) is 21.7. The standard InChI is InChI=1S/C21H27ClN4O3S/c1-3-26(4-2)30(28,29)17-9-10-19(25-12-6-5-7-13-25)18(14-17)24-21(27)16-8-11-20(22)23-15-16/h8-11,14-15H,3-7,12-13H2,1-2H3,(H,24,27). The normalized spacial score (nSPS) is 14.7. The molecule has 1 fully saturated rings. The van der Waals surface area contributed by atoms with Gasteiger partial charge in [-0.15, -0.1) is 0 Å². The summed E-state index contributed by atoms with van der Waals surface area (Å²) in [5.74, 6) is -0.366. The molecule has 0 radical (unpaired) electrons. The fraction of sp³-hybridized carbons (Fsp3) is 0.429. The summed E-state index contributed by atoms with van der Waals surface area (Å²) in [4.78, 5) is 19.1. The number of sulfonamides is 1. The van der Waals surface area contributed by atoms with Crippen molar-refractivity contribution in [2.45, 2.75) is 38.0 Å². The van der Waals surface area contributed by atoms with Crippen molar-refractivity contribution in [3.8, 4) is 0 Å². The quantitative estimate of drug-likeness (QED) is 0.644. The van der Waals surface area contributed by atoms with Crippen molar-refractivity contribution in [2.75, 3.05) is 36.4 Å². The lowest BCUT2D eigenvalue weighted by Crippen LogP contribution is -2.32. The lowest BCUT2D eigenvalue weighted by Gasteiger charge is -2.31. The van der Waals surface area contributed by atoms with E-state index in [-0.39, 0.29) is 10.8 Å². The predicted molar refractivity (Wildman–Crippen MR) is 120 cm³/mol. The Labute approximate surface area is 183 Å². The molecule has 1 aromatic heterocycles. The summed E-state index contributed by atoms with van der Waals surface area (Å²) in [6.45, 7) is 6.11. The molecule has 0 spiro atoms. The molecule has 0 unspecified atom stereocenters. The van der Waals surface area contributed by atoms with Crippen molar-refractivity contribution in [1.82, 2.24) is 9.29 Å². The Morgan fingerprint density at radius 3 is 2.43 bits per heavy atom. The average molecular weight is 451 g/mol. The van der Waals surface area contributed by atoms with Gasteiger partial charge in [0.05, 0.1) is 21.8 Å². The van der Waals surface area contributed by atoms with Gasteiger partial charge in [0.1, 0.15) is 5.15 Å². The first-order valence-electron chi connectivity index (χ1n) is 10.2. The van der Waals surface area contributed by atoms with Gasteiger partial charge >= 0.3 is 0 Å². The summed E-state index contributed by atoms with van der Waals surface area (Å²) in [6.07, 6.45) is 4.69. The van der Waals surface area contributed by atoms with Crippen LogP contribution >= 0.6 is 11.6 Å². The Bertz CT molecular complexity index is 986. The van der Waals surface area contributed by atoms with Crippen LogP contribution in [0.15, 0.2) is 41.4 Å². The van der Waals surface area contributed by atoms with Crippen molar-refractivity contribution in [1.29, 1.82) is 0 Å². The molecular formula is C21H27ClN4O3S. The Hall–Kier alpha value is -2.16. The third kappa shape index (κ3) is 4.94. The van der Waals surface area contributed by atoms with E-state index in [4.69, 9.17) is 11.6 Å². The second kappa shape index (κ2) is 9.76. The maximum absolute atomic E-state index is 13.0. The van der Waals surface area contributed by atoms with E-state index >= 15 is 0 Å². The minimum absolute atomic E-state index is 0.163. The summed E-state index contributed by atoms with van der Waals surface area (Å²) >= 11 is 5.81. The van der Waals surface area contributed by atoms with Crippen LogP contribution in [0, 0.1) is 0 Å². The maximum Gasteiger partial charge on any atom is 0.257 e. The first-order chi connectivity index (χ1) is 14.4. The number of piperidine rings is 1. The van der Waals surface area contributed by atoms with Crippen LogP contribution in [0.1, 0.15) is 43.5 Å². The molecule has 1 saturated heterocycles. The van der Waals surface area contributed by atoms with Gasteiger partial charge in [0.15, 0.2) is 0 Å². The number of carbonyl (C=O) groups is 1. The molecule has 9 heteroatoms. The van der Waals surface area contributed by atoms with Gasteiger partial charge in [-0.25, -0.2) is 13.4 Å². The van der Waals surface area contributed by atoms with Crippen molar-refractivity contribution >= 4 is 38.9 Å². The summed E-state index contributed by atoms with van der Waals surface area (Å²) < 4.78 is 27.4. The molecule has 30 heavy (non-hydrogen) atoms. The fourth-order valence-corrected chi connectivity index (χ4v) is 5.20. The smallest absolute Gasteiger partial charge is 0.257 e. The van der Waals surface area contributed by atoms with E-state index in [9.17, 15) is 13.2 Å². The highest BCUT2D eigenvalue weighted by Crippen LogP contribution is 2.32. The van der Waals surface area contributed by atoms with Crippen LogP contribution < -0.4 is 10.2 Å². The predicted octanol–water partition coefficient (Wildman–Crippen LogP) is 4.01. The minimum Gasteiger partial charge on any atom is -0.370 e. The zero-order valence-corrected chi connectivity index (χ0v) is 18.8. The molecule has 1 aromatic carbocycles. The number of rotatable bonds is 7. The molecule has 1 aliphatic heterocycles. The highest BCUT2D eigenvalue weighted by Gasteiger charge is 2.25. The molecule has 0 bridgehead atoms. The monoisotopic (exact) mass is 450 g/mol. The van der Waals surface area contributed by atoms with E-state index in [1.54, 1.807) is 44.2 Å². The molecule has 1 amide bonds. The van der Waals surface area contributed by atoms with Crippen molar-refractivity contribution in [3.63, 3.8) is 0 Å². The molecule has 162 valence electrons. The van der Waals surface area contributed by atoms with E-state index in [0.717, 1.165) is 31.6 Å². The molecular weight excluding hydrogens is 424 g/mol. The Morgan fingerprint density at radius 1 is 1.13 bits per heavy atom. The second-order valence-corrected chi connectivity index (χ2v) is 9.46. The molecule has 2 heterocycles. The number of hydrogen-bond donors (Lipinski definition) is 1. The molecule has 0 saturated carbocycles. The molecule has 1 N–H and O–H groups in total. The first kappa shape index (κ1) is 22.5. The second-order valence-electron chi connectivity index (χ2n) is 7.14. The Morgan fingerprint density at radius 2 is 1.83 bits per heavy atom. The van der Waals surface area contributed by atoms with Crippen molar-refractivity contribution < 1.29 is 13.2 Å². The third-order valence-electron chi connectivity index (χ3n) is 5.25. The van der Waals surface area contributed by atoms with Gasteiger partial charge in [0.2, 0.25) is 10.0 Å². The topological polar surface area (TPSA) is 82.6 Å². The highest BCUT2D eigenvalue weighted by molar-refractivity contribution is 7.89. The van der Waals surface area contributed by atoms with Crippen LogP contribution in [0.2, 0.25) is 5.15 Å². The average Bonchev–Trinajstić information content (AvgIpc) is 2.75. The number of anilines is 2. The molecule has 7 nitrogen and oxygen atoms in total. The van der Waals surface area contributed by atoms with E-state index in [0.29, 0.717) is 29.5 Å². The summed E-state index contributed by atoms with van der Waals surface area (Å²) in [6, 6.07) is 8.10. The number of halogens is 1. The van der Waals surface area contributed by atoms with Gasteiger partial charge in [0, 0.05) is 32.4 Å². The van der Waals surface area contributed by atoms with Gasteiger partial charge in [-0.2, -0.15) is 4.31 Å². The molecule has 2 aromatic rings. The Kier molecular flexibility index (Phi) is 7.33. The SMILES string of the molecule is CCN(CC)S(=O)(=O)c1ccc(N2CCCCC2)c(NC(=O)c2ccc(Cl)nc2)c1. The third-order valence-corrected chi connectivity index (χ3v) is 7.52. The van der Waals surface area contributed by atoms with Crippen LogP contribution in [-0.2, 0) is 10.0 Å². The molecule has 0 aliphatic carbocycles. The number of nitrogens with one attached hydrogen (secondary N) is 1. The van der Waals surface area contributed by atoms with E-state index in [1.807, 2.05) is 0 Å². The van der Waals surface area contributed by atoms with Gasteiger partial charge < -0.3 is 10.2 Å². The van der Waals surface area contributed by atoms with Crippen LogP contribution in [0.3, 0.4) is 0 Å². The van der Waals surface area contributed by atoms with Crippen LogP contribution in [0.25, 0.3) is 0 Å². The lowest BCUT2D eigenvalue weighted by atomic mass is 10.1. The minimum atomic E-state index is -3.64. The van der Waals surface area contributed by atoms with Gasteiger partial charge in [-0.05, 0) is 49.6 Å². The Balaban J connectivity index is 1.99. The lowest BCUT2D eigenvalue weighted by molar-refractivity contribution is 0.102. The molecule has 3 rings (SSSR count). The summed E-state index contributed by atoms with van der Waals surface area (Å²) in [5.41, 5.74) is 1.65. The van der Waals surface area contributed by atoms with Crippen molar-refractivity contribution in [2.24, 2.45) is 0 Å². The molecule has 0 atom stereocenters. The van der Waals surface area contributed by atoms with Crippen LogP contribution in [-0.4, -0.2) is 49.8 Å². The first-order valence-corrected chi connectivity index (χ1v) is 12.0. The largest absolute Gasteiger partial charge is 0.370 e. The number of nitrogens with zero attached hydrogens (tertiary/aromatic N) is 3. The summed E-state index contributed by atoms with van der Waals surface area (Å²) in [7, 11) is -3.64. The van der Waals surface area contributed by atoms with Gasteiger partial charge in [0.25, 0.3) is 5.91 Å². The van der Waals surface area contributed by atoms with E-state index in [1.165, 1.54) is 16.9 Å². The summed E-state index contributed by atoms with van der Waals surface area (Å²) in [5, 5.41) is 3.18. The number of hydrogen-bond acceptors (Lipinski definition) is 5. The highest BCUT2D eigenvalue weighted by atomic mass is 35.5. The fourth-order valence-electron chi connectivity index (χ4n) is 3.60. The van der Waals surface area contributed by atoms with Gasteiger partial charge in [-0.1, -0.05) is 25.4 Å². The number of benzene rings is 1. The number of amides is 1. The van der Waals surface area contributed by atoms with E-state index < -0.39 is 10.0 Å². The van der Waals surface area contributed by atoms with Crippen molar-refractivity contribution in [3.05, 3.63) is 47.2 Å². The van der Waals surface area contributed by atoms with Crippen LogP contribution in [0.4, 0.5) is 11.4 Å². The number of aromatic nitrogens is 1. The number of pyridine rings is 1.